The molecule has 142 valence electrons. The lowest BCUT2D eigenvalue weighted by molar-refractivity contribution is -0.116. The molecule has 1 amide bonds. The van der Waals surface area contributed by atoms with Crippen molar-refractivity contribution in [1.82, 2.24) is 9.97 Å². The molecule has 0 fully saturated rings. The fourth-order valence-electron chi connectivity index (χ4n) is 3.24. The summed E-state index contributed by atoms with van der Waals surface area (Å²) in [6.45, 7) is 2.01. The molecule has 0 unspecified atom stereocenters. The Bertz CT molecular complexity index is 1110. The number of aromatic nitrogens is 2. The zero-order chi connectivity index (χ0) is 19.5. The molecule has 2 aromatic carbocycles. The van der Waals surface area contributed by atoms with Gasteiger partial charge >= 0.3 is 0 Å². The number of benzene rings is 2. The molecule has 0 spiro atoms. The van der Waals surface area contributed by atoms with E-state index in [1.807, 2.05) is 55.6 Å². The quantitative estimate of drug-likeness (QED) is 0.476. The average molecular weight is 391 g/mol. The van der Waals surface area contributed by atoms with Crippen LogP contribution in [0.15, 0.2) is 54.7 Å². The summed E-state index contributed by atoms with van der Waals surface area (Å²) in [6, 6.07) is 15.9. The van der Waals surface area contributed by atoms with Gasteiger partial charge in [-0.25, -0.2) is 4.98 Å². The molecule has 0 aliphatic rings. The normalized spacial score (nSPS) is 10.9. The minimum atomic E-state index is -0.0275. The van der Waals surface area contributed by atoms with Crippen molar-refractivity contribution >= 4 is 33.3 Å². The maximum absolute atomic E-state index is 12.4. The van der Waals surface area contributed by atoms with Crippen LogP contribution in [0.3, 0.4) is 0 Å². The van der Waals surface area contributed by atoms with E-state index in [0.717, 1.165) is 33.0 Å². The van der Waals surface area contributed by atoms with Crippen molar-refractivity contribution in [2.24, 2.45) is 0 Å². The van der Waals surface area contributed by atoms with Gasteiger partial charge in [-0.15, -0.1) is 11.3 Å². The summed E-state index contributed by atoms with van der Waals surface area (Å²) >= 11 is 1.49. The fraction of sp³-hybridized carbons (Fsp3) is 0.182. The van der Waals surface area contributed by atoms with Gasteiger partial charge in [-0.2, -0.15) is 0 Å². The molecular weight excluding hydrogens is 370 g/mol. The largest absolute Gasteiger partial charge is 0.497 e. The van der Waals surface area contributed by atoms with E-state index >= 15 is 0 Å². The van der Waals surface area contributed by atoms with Gasteiger partial charge < -0.3 is 15.0 Å². The molecule has 5 nitrogen and oxygen atoms in total. The van der Waals surface area contributed by atoms with E-state index in [-0.39, 0.29) is 5.91 Å². The second-order valence-electron chi connectivity index (χ2n) is 6.56. The minimum Gasteiger partial charge on any atom is -0.497 e. The van der Waals surface area contributed by atoms with E-state index < -0.39 is 0 Å². The van der Waals surface area contributed by atoms with E-state index in [0.29, 0.717) is 18.0 Å². The summed E-state index contributed by atoms with van der Waals surface area (Å²) in [6.07, 6.45) is 3.08. The highest BCUT2D eigenvalue weighted by molar-refractivity contribution is 7.16. The fourth-order valence-corrected chi connectivity index (χ4v) is 4.09. The lowest BCUT2D eigenvalue weighted by Gasteiger charge is -2.02. The van der Waals surface area contributed by atoms with Crippen LogP contribution in [0, 0.1) is 6.92 Å². The molecule has 2 aromatic heterocycles. The summed E-state index contributed by atoms with van der Waals surface area (Å²) < 4.78 is 5.20. The molecule has 2 N–H and O–H groups in total. The number of aromatic amines is 1. The number of thiazole rings is 1. The lowest BCUT2D eigenvalue weighted by Crippen LogP contribution is -2.12. The number of nitrogens with zero attached hydrogens (tertiary/aromatic N) is 1. The highest BCUT2D eigenvalue weighted by Crippen LogP contribution is 2.31. The van der Waals surface area contributed by atoms with Gasteiger partial charge in [0.05, 0.1) is 12.8 Å². The zero-order valence-corrected chi connectivity index (χ0v) is 16.6. The summed E-state index contributed by atoms with van der Waals surface area (Å²) in [7, 11) is 1.65. The maximum atomic E-state index is 12.4. The van der Waals surface area contributed by atoms with Crippen LogP contribution in [0.2, 0.25) is 0 Å². The first-order valence-corrected chi connectivity index (χ1v) is 9.92. The molecule has 6 heteroatoms. The molecule has 0 saturated heterocycles. The third-order valence-corrected chi connectivity index (χ3v) is 5.59. The van der Waals surface area contributed by atoms with E-state index in [9.17, 15) is 4.79 Å². The van der Waals surface area contributed by atoms with Crippen molar-refractivity contribution in [3.05, 3.63) is 65.2 Å². The second kappa shape index (κ2) is 7.86. The Kier molecular flexibility index (Phi) is 5.12. The van der Waals surface area contributed by atoms with E-state index in [4.69, 9.17) is 4.74 Å². The van der Waals surface area contributed by atoms with Crippen molar-refractivity contribution in [2.75, 3.05) is 12.4 Å². The number of anilines is 1. The Morgan fingerprint density at radius 2 is 1.96 bits per heavy atom. The minimum absolute atomic E-state index is 0.0275. The highest BCUT2D eigenvalue weighted by atomic mass is 32.1. The predicted molar refractivity (Wildman–Crippen MR) is 114 cm³/mol. The number of nitrogens with one attached hydrogen (secondary N) is 2. The smallest absolute Gasteiger partial charge is 0.226 e. The molecule has 0 aliphatic heterocycles. The van der Waals surface area contributed by atoms with Gasteiger partial charge in [-0.3, -0.25) is 4.79 Å². The number of rotatable bonds is 6. The zero-order valence-electron chi connectivity index (χ0n) is 15.8. The van der Waals surface area contributed by atoms with Crippen LogP contribution in [0.25, 0.3) is 22.2 Å². The van der Waals surface area contributed by atoms with Gasteiger partial charge in [-0.1, -0.05) is 18.2 Å². The number of para-hydroxylation sites is 1. The summed E-state index contributed by atoms with van der Waals surface area (Å²) in [4.78, 5) is 21.3. The number of carbonyl (C=O) groups excluding carboxylic acids is 1. The Morgan fingerprint density at radius 3 is 2.75 bits per heavy atom. The Labute approximate surface area is 167 Å². The number of ether oxygens (including phenoxy) is 1. The summed E-state index contributed by atoms with van der Waals surface area (Å²) in [5.41, 5.74) is 4.14. The first kappa shape index (κ1) is 18.3. The number of amides is 1. The van der Waals surface area contributed by atoms with Crippen LogP contribution >= 0.6 is 11.3 Å². The number of fused-ring (bicyclic) bond motifs is 1. The maximum Gasteiger partial charge on any atom is 0.226 e. The van der Waals surface area contributed by atoms with Crippen molar-refractivity contribution in [3.8, 4) is 17.0 Å². The molecule has 28 heavy (non-hydrogen) atoms. The van der Waals surface area contributed by atoms with Crippen LogP contribution in [0.4, 0.5) is 5.13 Å². The predicted octanol–water partition coefficient (Wildman–Crippen LogP) is 5.18. The third-order valence-electron chi connectivity index (χ3n) is 4.70. The Hall–Kier alpha value is -3.12. The molecule has 0 aliphatic carbocycles. The number of aryl methyl sites for hydroxylation is 2. The number of methoxy groups -OCH3 is 1. The summed E-state index contributed by atoms with van der Waals surface area (Å²) in [5, 5.41) is 4.74. The standard InChI is InChI=1S/C22H21N3O2S/c1-14-21(15-7-10-17(27-2)11-8-15)25-22(28-14)24-20(26)12-9-16-13-23-19-6-4-3-5-18(16)19/h3-8,10-11,13,23H,9,12H2,1-2H3,(H,24,25,26). The topological polar surface area (TPSA) is 67.0 Å². The first-order chi connectivity index (χ1) is 13.6. The molecule has 4 rings (SSSR count). The van der Waals surface area contributed by atoms with Crippen molar-refractivity contribution in [1.29, 1.82) is 0 Å². The molecular formula is C22H21N3O2S. The molecule has 0 atom stereocenters. The highest BCUT2D eigenvalue weighted by Gasteiger charge is 2.13. The summed E-state index contributed by atoms with van der Waals surface area (Å²) in [5.74, 6) is 0.780. The number of hydrogen-bond acceptors (Lipinski definition) is 4. The molecule has 0 saturated carbocycles. The van der Waals surface area contributed by atoms with Gasteiger partial charge in [0.15, 0.2) is 5.13 Å². The van der Waals surface area contributed by atoms with Crippen molar-refractivity contribution < 1.29 is 9.53 Å². The number of carbonyl (C=O) groups is 1. The monoisotopic (exact) mass is 391 g/mol. The van der Waals surface area contributed by atoms with E-state index in [1.54, 1.807) is 7.11 Å². The van der Waals surface area contributed by atoms with Crippen LogP contribution in [0.1, 0.15) is 16.9 Å². The molecule has 0 radical (unpaired) electrons. The van der Waals surface area contributed by atoms with Crippen LogP contribution in [-0.2, 0) is 11.2 Å². The third kappa shape index (κ3) is 3.77. The SMILES string of the molecule is COc1ccc(-c2nc(NC(=O)CCc3c[nH]c4ccccc34)sc2C)cc1. The number of hydrogen-bond donors (Lipinski definition) is 2. The molecule has 0 bridgehead atoms. The van der Waals surface area contributed by atoms with Gasteiger partial charge in [0.1, 0.15) is 5.75 Å². The lowest BCUT2D eigenvalue weighted by atomic mass is 10.1. The van der Waals surface area contributed by atoms with Crippen LogP contribution in [0.5, 0.6) is 5.75 Å². The molecule has 4 aromatic rings. The van der Waals surface area contributed by atoms with Crippen molar-refractivity contribution in [3.63, 3.8) is 0 Å². The molecule has 2 heterocycles. The van der Waals surface area contributed by atoms with Gasteiger partial charge in [0, 0.05) is 34.0 Å². The Balaban J connectivity index is 1.42. The Morgan fingerprint density at radius 1 is 1.18 bits per heavy atom. The average Bonchev–Trinajstić information content (AvgIpc) is 3.29. The van der Waals surface area contributed by atoms with Gasteiger partial charge in [0.25, 0.3) is 0 Å². The number of H-pyrrole nitrogens is 1. The first-order valence-electron chi connectivity index (χ1n) is 9.11. The van der Waals surface area contributed by atoms with Crippen LogP contribution < -0.4 is 10.1 Å². The van der Waals surface area contributed by atoms with Crippen molar-refractivity contribution in [2.45, 2.75) is 19.8 Å². The van der Waals surface area contributed by atoms with Gasteiger partial charge in [-0.05, 0) is 49.2 Å². The van der Waals surface area contributed by atoms with E-state index in [1.165, 1.54) is 16.7 Å². The van der Waals surface area contributed by atoms with Crippen LogP contribution in [-0.4, -0.2) is 23.0 Å². The van der Waals surface area contributed by atoms with Gasteiger partial charge in [0.2, 0.25) is 5.91 Å². The van der Waals surface area contributed by atoms with E-state index in [2.05, 4.69) is 21.4 Å². The second-order valence-corrected chi connectivity index (χ2v) is 7.76.